The zero-order chi connectivity index (χ0) is 23.4. The Labute approximate surface area is 216 Å². The summed E-state index contributed by atoms with van der Waals surface area (Å²) in [7, 11) is 0. The quantitative estimate of drug-likeness (QED) is 0.314. The number of carbonyl (C=O) groups excluding carboxylic acids is 4. The Balaban J connectivity index is -0.0000000626. The Bertz CT molecular complexity index is 517. The number of hydrogen-bond donors (Lipinski definition) is 0. The number of allylic oxidation sites excluding steroid dienone is 8. The Hall–Kier alpha value is -1.39. The second kappa shape index (κ2) is 27.6. The van der Waals surface area contributed by atoms with E-state index < -0.39 is 0 Å². The summed E-state index contributed by atoms with van der Waals surface area (Å²) in [6.07, 6.45) is 4.22. The summed E-state index contributed by atoms with van der Waals surface area (Å²) in [5.74, 6) is -1.50. The van der Waals surface area contributed by atoms with Crippen LogP contribution in [0.25, 0.3) is 0 Å². The molecule has 8 nitrogen and oxygen atoms in total. The summed E-state index contributed by atoms with van der Waals surface area (Å²) in [6, 6.07) is 0. The summed E-state index contributed by atoms with van der Waals surface area (Å²) in [6.45, 7) is 10.8. The molecular formula is C20H28O8Zr2. The van der Waals surface area contributed by atoms with Crippen molar-refractivity contribution in [2.45, 2.75) is 55.4 Å². The molecule has 10 heteroatoms. The summed E-state index contributed by atoms with van der Waals surface area (Å²) in [5.41, 5.74) is 0. The first-order valence-electron chi connectivity index (χ1n) is 7.94. The standard InChI is InChI=1S/4C5H8O2.2Zr/c4*1-4(6)3-5(2)7;;/h4*3,6H,1-2H3;;/q;;;;2*+2/p-4/b4*4-3-;;. The van der Waals surface area contributed by atoms with Crippen molar-refractivity contribution in [3.8, 4) is 0 Å². The van der Waals surface area contributed by atoms with E-state index in [1.165, 1.54) is 55.4 Å². The predicted octanol–water partition coefficient (Wildman–Crippen LogP) is -0.647. The third-order valence-corrected chi connectivity index (χ3v) is 1.63. The molecule has 0 bridgehead atoms. The third-order valence-electron chi connectivity index (χ3n) is 1.63. The van der Waals surface area contributed by atoms with Gasteiger partial charge in [0.25, 0.3) is 0 Å². The molecule has 0 spiro atoms. The second-order valence-electron chi connectivity index (χ2n) is 5.46. The molecule has 0 unspecified atom stereocenters. The van der Waals surface area contributed by atoms with E-state index in [-0.39, 0.29) is 98.6 Å². The van der Waals surface area contributed by atoms with E-state index >= 15 is 0 Å². The van der Waals surface area contributed by atoms with Gasteiger partial charge in [0.2, 0.25) is 0 Å². The van der Waals surface area contributed by atoms with Crippen molar-refractivity contribution in [1.29, 1.82) is 0 Å². The maximum atomic E-state index is 9.98. The molecule has 0 rings (SSSR count). The van der Waals surface area contributed by atoms with Crippen LogP contribution in [-0.4, -0.2) is 23.1 Å². The molecule has 0 aromatic heterocycles. The van der Waals surface area contributed by atoms with Gasteiger partial charge in [-0.2, -0.15) is 0 Å². The zero-order valence-electron chi connectivity index (χ0n) is 18.6. The summed E-state index contributed by atoms with van der Waals surface area (Å²) in [4.78, 5) is 39.9. The van der Waals surface area contributed by atoms with Gasteiger partial charge in [-0.3, -0.25) is 19.2 Å². The van der Waals surface area contributed by atoms with Crippen LogP contribution in [0, 0.1) is 0 Å². The van der Waals surface area contributed by atoms with Gasteiger partial charge in [0.05, 0.1) is 0 Å². The summed E-state index contributed by atoms with van der Waals surface area (Å²) in [5, 5.41) is 39.9. The topological polar surface area (TPSA) is 161 Å². The van der Waals surface area contributed by atoms with Crippen molar-refractivity contribution < 1.29 is 92.0 Å². The molecule has 0 fully saturated rings. The summed E-state index contributed by atoms with van der Waals surface area (Å²) < 4.78 is 0. The van der Waals surface area contributed by atoms with Gasteiger partial charge in [-0.05, 0) is 52.0 Å². The third kappa shape index (κ3) is 81.8. The Morgan fingerprint density at radius 1 is 0.400 bits per heavy atom. The van der Waals surface area contributed by atoms with Gasteiger partial charge in [0.1, 0.15) is 0 Å². The van der Waals surface area contributed by atoms with E-state index in [0.29, 0.717) is 0 Å². The van der Waals surface area contributed by atoms with Crippen LogP contribution in [0.1, 0.15) is 55.4 Å². The molecule has 0 aromatic carbocycles. The summed E-state index contributed by atoms with van der Waals surface area (Å²) >= 11 is 0. The first kappa shape index (κ1) is 42.7. The minimum Gasteiger partial charge on any atom is -0.876 e. The number of ketones is 4. The van der Waals surface area contributed by atoms with Gasteiger partial charge >= 0.3 is 52.4 Å². The van der Waals surface area contributed by atoms with Gasteiger partial charge in [0.15, 0.2) is 23.1 Å². The van der Waals surface area contributed by atoms with Crippen LogP contribution in [0.5, 0.6) is 0 Å². The monoisotopic (exact) mass is 576 g/mol. The first-order chi connectivity index (χ1) is 12.5. The predicted molar refractivity (Wildman–Crippen MR) is 97.8 cm³/mol. The van der Waals surface area contributed by atoms with Crippen LogP contribution in [0.4, 0.5) is 0 Å². The van der Waals surface area contributed by atoms with E-state index in [4.69, 9.17) is 0 Å². The number of hydrogen-bond acceptors (Lipinski definition) is 8. The Morgan fingerprint density at radius 3 is 0.500 bits per heavy atom. The van der Waals surface area contributed by atoms with Crippen LogP contribution < -0.4 is 20.4 Å². The van der Waals surface area contributed by atoms with Crippen LogP contribution >= 0.6 is 0 Å². The Morgan fingerprint density at radius 2 is 0.500 bits per heavy atom. The molecule has 0 aliphatic rings. The maximum Gasteiger partial charge on any atom is 2.00 e. The minimum absolute atomic E-state index is 0. The van der Waals surface area contributed by atoms with E-state index in [2.05, 4.69) is 0 Å². The normalized spacial score (nSPS) is 10.7. The fourth-order valence-corrected chi connectivity index (χ4v) is 1.14. The molecule has 0 N–H and O–H groups in total. The van der Waals surface area contributed by atoms with Gasteiger partial charge in [-0.1, -0.05) is 27.7 Å². The molecule has 0 heterocycles. The maximum absolute atomic E-state index is 9.98. The van der Waals surface area contributed by atoms with Crippen molar-refractivity contribution in [2.75, 3.05) is 0 Å². The van der Waals surface area contributed by atoms with E-state index in [0.717, 1.165) is 24.3 Å². The molecule has 0 atom stereocenters. The first-order valence-corrected chi connectivity index (χ1v) is 7.94. The van der Waals surface area contributed by atoms with Crippen molar-refractivity contribution in [1.82, 2.24) is 0 Å². The molecule has 0 aliphatic heterocycles. The van der Waals surface area contributed by atoms with Crippen LogP contribution in [0.2, 0.25) is 0 Å². The average Bonchev–Trinajstić information content (AvgIpc) is 2.32. The zero-order valence-corrected chi connectivity index (χ0v) is 23.5. The average molecular weight is 579 g/mol. The van der Waals surface area contributed by atoms with Crippen molar-refractivity contribution in [3.05, 3.63) is 47.3 Å². The fraction of sp³-hybridized carbons (Fsp3) is 0.400. The fourth-order valence-electron chi connectivity index (χ4n) is 1.14. The molecule has 0 saturated carbocycles. The van der Waals surface area contributed by atoms with E-state index in [1.807, 2.05) is 0 Å². The number of carbonyl (C=O) groups is 4. The largest absolute Gasteiger partial charge is 2.00 e. The number of rotatable bonds is 4. The molecule has 30 heavy (non-hydrogen) atoms. The van der Waals surface area contributed by atoms with Crippen LogP contribution in [0.15, 0.2) is 47.3 Å². The van der Waals surface area contributed by atoms with Gasteiger partial charge in [-0.15, -0.1) is 23.0 Å². The van der Waals surface area contributed by atoms with Gasteiger partial charge in [0, 0.05) is 0 Å². The minimum atomic E-state index is -0.187. The molecule has 0 aromatic rings. The van der Waals surface area contributed by atoms with E-state index in [9.17, 15) is 39.6 Å². The molecular weight excluding hydrogens is 551 g/mol. The van der Waals surface area contributed by atoms with Crippen LogP contribution in [0.3, 0.4) is 0 Å². The van der Waals surface area contributed by atoms with Crippen molar-refractivity contribution >= 4 is 23.1 Å². The smallest absolute Gasteiger partial charge is 0.876 e. The second-order valence-corrected chi connectivity index (χ2v) is 5.46. The molecule has 0 aliphatic carbocycles. The van der Waals surface area contributed by atoms with Crippen LogP contribution in [-0.2, 0) is 71.6 Å². The van der Waals surface area contributed by atoms with Gasteiger partial charge in [-0.25, -0.2) is 0 Å². The van der Waals surface area contributed by atoms with Crippen molar-refractivity contribution in [3.63, 3.8) is 0 Å². The Kier molecular flexibility index (Phi) is 39.3. The molecule has 0 radical (unpaired) electrons. The SMILES string of the molecule is CC(=O)/C=C(/C)[O-].CC(=O)/C=C(/C)[O-].CC(=O)/C=C(/C)[O-].CC(=O)/C=C(/C)[O-].[Zr+2].[Zr+2]. The molecule has 0 saturated heterocycles. The van der Waals surface area contributed by atoms with E-state index in [1.54, 1.807) is 0 Å². The van der Waals surface area contributed by atoms with Crippen molar-refractivity contribution in [2.24, 2.45) is 0 Å². The molecule has 164 valence electrons. The molecule has 0 amide bonds. The van der Waals surface area contributed by atoms with Gasteiger partial charge < -0.3 is 20.4 Å².